The number of hydrazone groups is 1. The van der Waals surface area contributed by atoms with Gasteiger partial charge in [-0.3, -0.25) is 10.2 Å². The molecule has 1 fully saturated rings. The SMILES string of the molecule is COc1ccc(/C(C)=N\NC(=S)N[C@@H]2CCCC[C@@H]2C)cc1CC(=O)O. The number of thiocarbonyl (C=S) groups is 1. The van der Waals surface area contributed by atoms with Gasteiger partial charge >= 0.3 is 5.97 Å². The quantitative estimate of drug-likeness (QED) is 0.401. The molecular weight excluding hydrogens is 350 g/mol. The van der Waals surface area contributed by atoms with Gasteiger partial charge in [0, 0.05) is 11.6 Å². The van der Waals surface area contributed by atoms with Crippen LogP contribution in [-0.2, 0) is 11.2 Å². The molecule has 1 aromatic carbocycles. The second kappa shape index (κ2) is 9.52. The fourth-order valence-corrected chi connectivity index (χ4v) is 3.43. The first-order valence-electron chi connectivity index (χ1n) is 8.90. The third kappa shape index (κ3) is 5.69. The molecule has 0 bridgehead atoms. The Morgan fingerprint density at radius 1 is 1.38 bits per heavy atom. The van der Waals surface area contributed by atoms with Crippen LogP contribution in [0.1, 0.15) is 50.7 Å². The van der Waals surface area contributed by atoms with E-state index in [4.69, 9.17) is 22.1 Å². The van der Waals surface area contributed by atoms with Crippen molar-refractivity contribution in [2.75, 3.05) is 7.11 Å². The molecule has 1 aromatic rings. The highest BCUT2D eigenvalue weighted by molar-refractivity contribution is 7.80. The Balaban J connectivity index is 2.01. The molecule has 1 saturated carbocycles. The van der Waals surface area contributed by atoms with Gasteiger partial charge in [0.25, 0.3) is 0 Å². The average molecular weight is 378 g/mol. The van der Waals surface area contributed by atoms with E-state index in [1.54, 1.807) is 12.1 Å². The minimum atomic E-state index is -0.903. The molecule has 142 valence electrons. The zero-order valence-electron chi connectivity index (χ0n) is 15.5. The van der Waals surface area contributed by atoms with E-state index >= 15 is 0 Å². The third-order valence-electron chi connectivity index (χ3n) is 4.79. The maximum Gasteiger partial charge on any atom is 0.307 e. The Morgan fingerprint density at radius 3 is 2.77 bits per heavy atom. The highest BCUT2D eigenvalue weighted by atomic mass is 32.1. The number of hydrogen-bond acceptors (Lipinski definition) is 4. The fraction of sp³-hybridized carbons (Fsp3) is 0.526. The molecule has 0 heterocycles. The molecule has 0 radical (unpaired) electrons. The Kier molecular flexibility index (Phi) is 7.38. The van der Waals surface area contributed by atoms with Gasteiger partial charge < -0.3 is 15.2 Å². The normalized spacial score (nSPS) is 20.3. The van der Waals surface area contributed by atoms with Gasteiger partial charge in [-0.1, -0.05) is 19.8 Å². The first-order chi connectivity index (χ1) is 12.4. The van der Waals surface area contributed by atoms with Gasteiger partial charge in [-0.05, 0) is 61.7 Å². The number of nitrogens with one attached hydrogen (secondary N) is 2. The van der Waals surface area contributed by atoms with E-state index in [1.807, 2.05) is 13.0 Å². The van der Waals surface area contributed by atoms with Gasteiger partial charge in [-0.2, -0.15) is 5.10 Å². The van der Waals surface area contributed by atoms with E-state index in [2.05, 4.69) is 22.8 Å². The summed E-state index contributed by atoms with van der Waals surface area (Å²) in [7, 11) is 1.53. The number of rotatable bonds is 6. The highest BCUT2D eigenvalue weighted by Gasteiger charge is 2.21. The number of carboxylic acids is 1. The molecule has 0 saturated heterocycles. The largest absolute Gasteiger partial charge is 0.496 e. The number of nitrogens with zero attached hydrogens (tertiary/aromatic N) is 1. The molecule has 1 aliphatic rings. The van der Waals surface area contributed by atoms with Crippen LogP contribution in [0.3, 0.4) is 0 Å². The lowest BCUT2D eigenvalue weighted by Crippen LogP contribution is -2.44. The van der Waals surface area contributed by atoms with E-state index in [1.165, 1.54) is 26.4 Å². The Morgan fingerprint density at radius 2 is 2.12 bits per heavy atom. The first kappa shape index (κ1) is 20.2. The summed E-state index contributed by atoms with van der Waals surface area (Å²) in [6, 6.07) is 5.78. The van der Waals surface area contributed by atoms with Crippen molar-refractivity contribution in [2.45, 2.75) is 52.0 Å². The molecule has 0 aliphatic heterocycles. The van der Waals surface area contributed by atoms with Gasteiger partial charge in [0.05, 0.1) is 19.2 Å². The van der Waals surface area contributed by atoms with Crippen molar-refractivity contribution >= 4 is 29.0 Å². The molecule has 2 atom stereocenters. The summed E-state index contributed by atoms with van der Waals surface area (Å²) >= 11 is 5.35. The van der Waals surface area contributed by atoms with E-state index in [0.29, 0.717) is 28.4 Å². The van der Waals surface area contributed by atoms with E-state index in [0.717, 1.165) is 17.7 Å². The van der Waals surface area contributed by atoms with E-state index < -0.39 is 5.97 Å². The second-order valence-corrected chi connectivity index (χ2v) is 7.16. The number of ether oxygens (including phenoxy) is 1. The fourth-order valence-electron chi connectivity index (χ4n) is 3.24. The molecule has 0 unspecified atom stereocenters. The molecular formula is C19H27N3O3S. The summed E-state index contributed by atoms with van der Waals surface area (Å²) in [6.07, 6.45) is 4.76. The second-order valence-electron chi connectivity index (χ2n) is 6.75. The Bertz CT molecular complexity index is 691. The molecule has 0 amide bonds. The summed E-state index contributed by atoms with van der Waals surface area (Å²) in [5, 5.41) is 17.2. The highest BCUT2D eigenvalue weighted by Crippen LogP contribution is 2.23. The van der Waals surface area contributed by atoms with Crippen LogP contribution in [0.2, 0.25) is 0 Å². The lowest BCUT2D eigenvalue weighted by molar-refractivity contribution is -0.136. The predicted molar refractivity (Wildman–Crippen MR) is 107 cm³/mol. The number of methoxy groups -OCH3 is 1. The Hall–Kier alpha value is -2.15. The molecule has 0 aromatic heterocycles. The maximum atomic E-state index is 11.0. The van der Waals surface area contributed by atoms with Crippen molar-refractivity contribution in [2.24, 2.45) is 11.0 Å². The molecule has 7 heteroatoms. The number of hydrogen-bond donors (Lipinski definition) is 3. The van der Waals surface area contributed by atoms with Gasteiger partial charge in [-0.25, -0.2) is 0 Å². The van der Waals surface area contributed by atoms with Gasteiger partial charge in [0.15, 0.2) is 5.11 Å². The summed E-state index contributed by atoms with van der Waals surface area (Å²) < 4.78 is 5.22. The Labute approximate surface area is 160 Å². The summed E-state index contributed by atoms with van der Waals surface area (Å²) in [5.74, 6) is 0.259. The van der Waals surface area contributed by atoms with Crippen LogP contribution in [0.4, 0.5) is 0 Å². The van der Waals surface area contributed by atoms with Crippen LogP contribution in [-0.4, -0.2) is 35.1 Å². The van der Waals surface area contributed by atoms with Crippen LogP contribution in [0.15, 0.2) is 23.3 Å². The molecule has 0 spiro atoms. The van der Waals surface area contributed by atoms with Crippen molar-refractivity contribution in [3.05, 3.63) is 29.3 Å². The number of aliphatic carboxylic acids is 1. The summed E-state index contributed by atoms with van der Waals surface area (Å²) in [6.45, 7) is 4.10. The van der Waals surface area contributed by atoms with Crippen LogP contribution < -0.4 is 15.5 Å². The first-order valence-corrected chi connectivity index (χ1v) is 9.31. The minimum absolute atomic E-state index is 0.0999. The van der Waals surface area contributed by atoms with Gasteiger partial charge in [-0.15, -0.1) is 0 Å². The van der Waals surface area contributed by atoms with E-state index in [9.17, 15) is 4.79 Å². The van der Waals surface area contributed by atoms with Gasteiger partial charge in [0.2, 0.25) is 0 Å². The van der Waals surface area contributed by atoms with Crippen LogP contribution in [0.5, 0.6) is 5.75 Å². The van der Waals surface area contributed by atoms with Crippen LogP contribution in [0, 0.1) is 5.92 Å². The lowest BCUT2D eigenvalue weighted by Gasteiger charge is -2.30. The van der Waals surface area contributed by atoms with Crippen molar-refractivity contribution in [1.82, 2.24) is 10.7 Å². The molecule has 2 rings (SSSR count). The van der Waals surface area contributed by atoms with Crippen molar-refractivity contribution < 1.29 is 14.6 Å². The smallest absolute Gasteiger partial charge is 0.307 e. The zero-order valence-corrected chi connectivity index (χ0v) is 16.4. The van der Waals surface area contributed by atoms with Gasteiger partial charge in [0.1, 0.15) is 5.75 Å². The monoisotopic (exact) mass is 377 g/mol. The maximum absolute atomic E-state index is 11.0. The summed E-state index contributed by atoms with van der Waals surface area (Å²) in [4.78, 5) is 11.0. The number of carboxylic acid groups (broad SMARTS) is 1. The topological polar surface area (TPSA) is 83.0 Å². The lowest BCUT2D eigenvalue weighted by atomic mass is 9.86. The van der Waals surface area contributed by atoms with Crippen molar-refractivity contribution in [3.63, 3.8) is 0 Å². The average Bonchev–Trinajstić information content (AvgIpc) is 2.61. The molecule has 1 aliphatic carbocycles. The van der Waals surface area contributed by atoms with Crippen molar-refractivity contribution in [3.8, 4) is 5.75 Å². The third-order valence-corrected chi connectivity index (χ3v) is 5.00. The molecule has 6 nitrogen and oxygen atoms in total. The molecule has 3 N–H and O–H groups in total. The summed E-state index contributed by atoms with van der Waals surface area (Å²) in [5.41, 5.74) is 5.06. The van der Waals surface area contributed by atoms with E-state index in [-0.39, 0.29) is 6.42 Å². The number of benzene rings is 1. The molecule has 26 heavy (non-hydrogen) atoms. The van der Waals surface area contributed by atoms with Crippen LogP contribution >= 0.6 is 12.2 Å². The standard InChI is InChI=1S/C19H27N3O3S/c1-12-6-4-5-7-16(12)20-19(26)22-21-13(2)14-8-9-17(25-3)15(10-14)11-18(23)24/h8-10,12,16H,4-7,11H2,1-3H3,(H,23,24)(H2,20,22,26)/b21-13-/t12-,16+/m0/s1. The zero-order chi connectivity index (χ0) is 19.1. The number of carbonyl (C=O) groups is 1. The van der Waals surface area contributed by atoms with Crippen LogP contribution in [0.25, 0.3) is 0 Å². The minimum Gasteiger partial charge on any atom is -0.496 e. The van der Waals surface area contributed by atoms with Crippen molar-refractivity contribution in [1.29, 1.82) is 0 Å². The predicted octanol–water partition coefficient (Wildman–Crippen LogP) is 3.09.